The van der Waals surface area contributed by atoms with Crippen LogP contribution in [0.5, 0.6) is 0 Å². The molecule has 0 heterocycles. The van der Waals surface area contributed by atoms with E-state index in [9.17, 15) is 0 Å². The van der Waals surface area contributed by atoms with Crippen molar-refractivity contribution in [2.45, 2.75) is 311 Å². The van der Waals surface area contributed by atoms with Crippen LogP contribution in [-0.2, 0) is 0 Å². The molecule has 0 aromatic heterocycles. The fraction of sp³-hybridized carbons (Fsp3) is 1.00. The minimum Gasteiger partial charge on any atom is -0.870 e. The van der Waals surface area contributed by atoms with E-state index in [1.54, 1.807) is 0 Å². The Kier molecular flexibility index (Phi) is 60.9. The van der Waals surface area contributed by atoms with Gasteiger partial charge in [0, 0.05) is 0 Å². The van der Waals surface area contributed by atoms with Gasteiger partial charge in [-0.05, 0) is 77.0 Å². The molecule has 0 atom stereocenters. The molecule has 0 aliphatic heterocycles. The highest BCUT2D eigenvalue weighted by Gasteiger charge is 2.21. The molecule has 0 aromatic rings. The lowest BCUT2D eigenvalue weighted by atomic mass is 10.1. The van der Waals surface area contributed by atoms with Crippen LogP contribution in [0, 0.1) is 0 Å². The summed E-state index contributed by atoms with van der Waals surface area (Å²) in [5.74, 6) is 0. The number of rotatable bonds is 48. The van der Waals surface area contributed by atoms with Gasteiger partial charge in [-0.25, -0.2) is 0 Å². The quantitative estimate of drug-likeness (QED) is 0.0452. The van der Waals surface area contributed by atoms with Crippen LogP contribution in [0.4, 0.5) is 0 Å². The minimum atomic E-state index is 0. The summed E-state index contributed by atoms with van der Waals surface area (Å²) in [6, 6.07) is 0. The fourth-order valence-electron chi connectivity index (χ4n) is 9.37. The first-order valence-corrected chi connectivity index (χ1v) is 28.0. The van der Waals surface area contributed by atoms with Gasteiger partial charge in [-0.3, -0.25) is 0 Å². The summed E-state index contributed by atoms with van der Waals surface area (Å²) in [7, 11) is 5.15. The third kappa shape index (κ3) is 52.2. The minimum absolute atomic E-state index is 0. The van der Waals surface area contributed by atoms with E-state index >= 15 is 0 Å². The maximum absolute atomic E-state index is 2.59. The molecule has 368 valence electrons. The Labute approximate surface area is 383 Å². The SMILES string of the molecule is CCCCCCCCCC[N+](C)(CCCCCCCCCC)CCCCCCCCCC.CCCCCCCC[N+](C)(CCCCCCCC)CCCCCCCC.[OH-].[OH-]. The summed E-state index contributed by atoms with van der Waals surface area (Å²) >= 11 is 0. The Morgan fingerprint density at radius 1 is 0.167 bits per heavy atom. The van der Waals surface area contributed by atoms with Gasteiger partial charge in [0.15, 0.2) is 0 Å². The van der Waals surface area contributed by atoms with Crippen LogP contribution in [0.25, 0.3) is 0 Å². The molecule has 0 saturated carbocycles. The molecule has 60 heavy (non-hydrogen) atoms. The number of hydrogen-bond acceptors (Lipinski definition) is 2. The third-order valence-corrected chi connectivity index (χ3v) is 13.8. The molecule has 4 nitrogen and oxygen atoms in total. The van der Waals surface area contributed by atoms with Gasteiger partial charge in [-0.2, -0.15) is 0 Å². The maximum Gasteiger partial charge on any atom is 0.0784 e. The summed E-state index contributed by atoms with van der Waals surface area (Å²) < 4.78 is 2.72. The van der Waals surface area contributed by atoms with Crippen LogP contribution in [0.2, 0.25) is 0 Å². The molecule has 0 rings (SSSR count). The molecule has 0 bridgehead atoms. The molecule has 2 N–H and O–H groups in total. The normalized spacial score (nSPS) is 11.6. The molecule has 0 aliphatic rings. The smallest absolute Gasteiger partial charge is 0.0784 e. The third-order valence-electron chi connectivity index (χ3n) is 13.8. The summed E-state index contributed by atoms with van der Waals surface area (Å²) in [6.07, 6.45) is 60.7. The molecule has 0 fully saturated rings. The van der Waals surface area contributed by atoms with Gasteiger partial charge in [0.25, 0.3) is 0 Å². The molecule has 0 unspecified atom stereocenters. The van der Waals surface area contributed by atoms with E-state index in [2.05, 4.69) is 55.6 Å². The first-order chi connectivity index (χ1) is 28.4. The van der Waals surface area contributed by atoms with Crippen molar-refractivity contribution < 1.29 is 19.9 Å². The second kappa shape index (κ2) is 55.0. The summed E-state index contributed by atoms with van der Waals surface area (Å²) in [6.45, 7) is 22.5. The zero-order valence-electron chi connectivity index (χ0n) is 43.7. The van der Waals surface area contributed by atoms with E-state index in [0.717, 1.165) is 0 Å². The van der Waals surface area contributed by atoms with Crippen molar-refractivity contribution in [2.24, 2.45) is 0 Å². The molecule has 0 spiro atoms. The van der Waals surface area contributed by atoms with E-state index in [-0.39, 0.29) is 11.0 Å². The first-order valence-electron chi connectivity index (χ1n) is 28.0. The van der Waals surface area contributed by atoms with Crippen LogP contribution in [0.15, 0.2) is 0 Å². The van der Waals surface area contributed by atoms with Gasteiger partial charge in [0.2, 0.25) is 0 Å². The zero-order valence-corrected chi connectivity index (χ0v) is 43.7. The Hall–Kier alpha value is -0.160. The lowest BCUT2D eigenvalue weighted by molar-refractivity contribution is -0.910. The average Bonchev–Trinajstić information content (AvgIpc) is 3.22. The van der Waals surface area contributed by atoms with Crippen molar-refractivity contribution in [3.63, 3.8) is 0 Å². The Morgan fingerprint density at radius 2 is 0.267 bits per heavy atom. The maximum atomic E-state index is 2.59. The van der Waals surface area contributed by atoms with Crippen molar-refractivity contribution in [2.75, 3.05) is 53.4 Å². The Bertz CT molecular complexity index is 639. The largest absolute Gasteiger partial charge is 0.870 e. The fourth-order valence-corrected chi connectivity index (χ4v) is 9.37. The second-order valence-electron chi connectivity index (χ2n) is 20.3. The predicted octanol–water partition coefficient (Wildman–Crippen LogP) is 19.0. The standard InChI is InChI=1S/C31H66N.C25H54N.2H2O/c1-5-8-11-14-17-20-23-26-29-32(4,30-27-24-21-18-15-12-9-6-2)31-28-25-22-19-16-13-10-7-3;1-5-8-11-14-17-20-23-26(4,24-21-18-15-12-9-6-2)25-22-19-16-13-10-7-3;;/h5-31H2,1-4H3;5-25H2,1-4H3;2*1H2/q2*+1;;/p-2. The second-order valence-corrected chi connectivity index (χ2v) is 20.3. The van der Waals surface area contributed by atoms with Gasteiger partial charge in [0.05, 0.1) is 53.4 Å². The molecule has 0 aromatic carbocycles. The summed E-state index contributed by atoms with van der Waals surface area (Å²) in [5, 5.41) is 0. The molecule has 4 heteroatoms. The molecule has 0 radical (unpaired) electrons. The van der Waals surface area contributed by atoms with Crippen molar-refractivity contribution in [3.05, 3.63) is 0 Å². The van der Waals surface area contributed by atoms with Crippen molar-refractivity contribution >= 4 is 0 Å². The van der Waals surface area contributed by atoms with E-state index in [1.807, 2.05) is 0 Å². The monoisotopic (exact) mass is 855 g/mol. The highest BCUT2D eigenvalue weighted by Crippen LogP contribution is 2.19. The van der Waals surface area contributed by atoms with Crippen LogP contribution < -0.4 is 0 Å². The van der Waals surface area contributed by atoms with Crippen molar-refractivity contribution in [1.29, 1.82) is 0 Å². The highest BCUT2D eigenvalue weighted by molar-refractivity contribution is 4.54. The Morgan fingerprint density at radius 3 is 0.383 bits per heavy atom. The van der Waals surface area contributed by atoms with Gasteiger partial charge in [0.1, 0.15) is 0 Å². The van der Waals surface area contributed by atoms with Crippen molar-refractivity contribution in [1.82, 2.24) is 0 Å². The van der Waals surface area contributed by atoms with Gasteiger partial charge in [-0.15, -0.1) is 0 Å². The van der Waals surface area contributed by atoms with Crippen LogP contribution in [0.1, 0.15) is 311 Å². The number of nitrogens with zero attached hydrogens (tertiary/aromatic N) is 2. The van der Waals surface area contributed by atoms with E-state index < -0.39 is 0 Å². The molecular formula is C56H122N2O2. The number of quaternary nitrogens is 2. The summed E-state index contributed by atoms with van der Waals surface area (Å²) in [5.41, 5.74) is 0. The zero-order chi connectivity index (χ0) is 42.9. The van der Waals surface area contributed by atoms with E-state index in [1.165, 1.54) is 318 Å². The van der Waals surface area contributed by atoms with Gasteiger partial charge in [-0.1, -0.05) is 234 Å². The van der Waals surface area contributed by atoms with Gasteiger partial charge >= 0.3 is 0 Å². The molecule has 0 amide bonds. The average molecular weight is 856 g/mol. The highest BCUT2D eigenvalue weighted by atomic mass is 16.0. The topological polar surface area (TPSA) is 60.0 Å². The summed E-state index contributed by atoms with van der Waals surface area (Å²) in [4.78, 5) is 0. The predicted molar refractivity (Wildman–Crippen MR) is 273 cm³/mol. The lowest BCUT2D eigenvalue weighted by Crippen LogP contribution is -2.46. The number of unbranched alkanes of at least 4 members (excludes halogenated alkanes) is 36. The molecule has 0 aliphatic carbocycles. The van der Waals surface area contributed by atoms with Gasteiger partial charge < -0.3 is 19.9 Å². The number of hydrogen-bond donors (Lipinski definition) is 0. The molecule has 0 saturated heterocycles. The van der Waals surface area contributed by atoms with Crippen LogP contribution >= 0.6 is 0 Å². The van der Waals surface area contributed by atoms with Crippen LogP contribution in [-0.4, -0.2) is 73.3 Å². The molecular weight excluding hydrogens is 733 g/mol. The van der Waals surface area contributed by atoms with Crippen molar-refractivity contribution in [3.8, 4) is 0 Å². The first kappa shape index (κ1) is 66.4. The van der Waals surface area contributed by atoms with E-state index in [0.29, 0.717) is 0 Å². The van der Waals surface area contributed by atoms with E-state index in [4.69, 9.17) is 0 Å². The Balaban J connectivity index is -0.000000516. The lowest BCUT2D eigenvalue weighted by Gasteiger charge is -2.35. The van der Waals surface area contributed by atoms with Crippen LogP contribution in [0.3, 0.4) is 0 Å².